The van der Waals surface area contributed by atoms with Crippen molar-refractivity contribution in [3.05, 3.63) is 11.7 Å². The van der Waals surface area contributed by atoms with E-state index in [-0.39, 0.29) is 31.4 Å². The van der Waals surface area contributed by atoms with Crippen LogP contribution in [-0.4, -0.2) is 40.6 Å². The smallest absolute Gasteiger partial charge is 0.345 e. The predicted octanol–water partition coefficient (Wildman–Crippen LogP) is 5.66. The van der Waals surface area contributed by atoms with Gasteiger partial charge in [-0.05, 0) is 41.0 Å². The molecule has 1 aromatic rings. The van der Waals surface area contributed by atoms with Crippen LogP contribution in [0.25, 0.3) is 0 Å². The first-order chi connectivity index (χ1) is 14.1. The van der Waals surface area contributed by atoms with E-state index in [1.54, 1.807) is 34.6 Å². The number of hydrogen-bond acceptors (Lipinski definition) is 8. The summed E-state index contributed by atoms with van der Waals surface area (Å²) >= 11 is 0. The number of esters is 1. The van der Waals surface area contributed by atoms with Gasteiger partial charge in [0.2, 0.25) is 5.89 Å². The lowest BCUT2D eigenvalue weighted by Gasteiger charge is -2.27. The van der Waals surface area contributed by atoms with E-state index in [1.165, 1.54) is 19.3 Å². The Morgan fingerprint density at radius 1 is 1.10 bits per heavy atom. The van der Waals surface area contributed by atoms with Crippen molar-refractivity contribution in [2.45, 2.75) is 104 Å². The Balaban J connectivity index is 3.00. The minimum Gasteiger partial charge on any atom is -0.459 e. The van der Waals surface area contributed by atoms with Crippen molar-refractivity contribution >= 4 is 13.6 Å². The molecule has 0 spiro atoms. The monoisotopic (exact) mass is 446 g/mol. The van der Waals surface area contributed by atoms with Gasteiger partial charge in [-0.3, -0.25) is 9.36 Å². The number of unbranched alkanes of at least 4 members (excludes halogenated alkanes) is 3. The quantitative estimate of drug-likeness (QED) is 0.205. The Bertz CT molecular complexity index is 675. The van der Waals surface area contributed by atoms with Crippen LogP contribution in [-0.2, 0) is 29.6 Å². The van der Waals surface area contributed by atoms with Gasteiger partial charge < -0.3 is 18.3 Å². The summed E-state index contributed by atoms with van der Waals surface area (Å²) < 4.78 is 35.0. The first-order valence-electron chi connectivity index (χ1n) is 11.0. The van der Waals surface area contributed by atoms with Gasteiger partial charge in [-0.1, -0.05) is 44.7 Å². The number of nitrogens with zero attached hydrogens (tertiary/aromatic N) is 2. The summed E-state index contributed by atoms with van der Waals surface area (Å²) in [6, 6.07) is 0. The lowest BCUT2D eigenvalue weighted by Crippen LogP contribution is -2.34. The van der Waals surface area contributed by atoms with Crippen LogP contribution in [0.3, 0.4) is 0 Å². The Kier molecular flexibility index (Phi) is 11.2. The van der Waals surface area contributed by atoms with Crippen LogP contribution < -0.4 is 0 Å². The summed E-state index contributed by atoms with van der Waals surface area (Å²) in [5.74, 6) is 0.290. The highest BCUT2D eigenvalue weighted by Crippen LogP contribution is 2.54. The summed E-state index contributed by atoms with van der Waals surface area (Å²) in [6.45, 7) is 13.2. The molecule has 0 radical (unpaired) electrons. The van der Waals surface area contributed by atoms with Gasteiger partial charge in [0.25, 0.3) is 0 Å². The van der Waals surface area contributed by atoms with Crippen LogP contribution in [0.4, 0.5) is 0 Å². The molecule has 0 fully saturated rings. The summed E-state index contributed by atoms with van der Waals surface area (Å²) in [4.78, 5) is 17.3. The second-order valence-electron chi connectivity index (χ2n) is 8.43. The van der Waals surface area contributed by atoms with Crippen LogP contribution in [0.15, 0.2) is 4.52 Å². The molecule has 0 aliphatic rings. The highest BCUT2D eigenvalue weighted by atomic mass is 31.2. The topological polar surface area (TPSA) is 101 Å². The van der Waals surface area contributed by atoms with E-state index >= 15 is 0 Å². The molecule has 0 aromatic carbocycles. The lowest BCUT2D eigenvalue weighted by atomic mass is 10.0. The number of rotatable bonds is 14. The number of aromatic nitrogens is 2. The molecule has 0 saturated heterocycles. The van der Waals surface area contributed by atoms with Gasteiger partial charge in [0, 0.05) is 5.92 Å². The normalized spacial score (nSPS) is 14.5. The van der Waals surface area contributed by atoms with Gasteiger partial charge in [0.1, 0.15) is 5.60 Å². The van der Waals surface area contributed by atoms with Crippen LogP contribution in [0.2, 0.25) is 0 Å². The molecule has 0 saturated carbocycles. The van der Waals surface area contributed by atoms with Gasteiger partial charge in [-0.25, -0.2) is 0 Å². The first-order valence-corrected chi connectivity index (χ1v) is 12.6. The zero-order valence-corrected chi connectivity index (χ0v) is 20.5. The fourth-order valence-corrected chi connectivity index (χ4v) is 4.84. The molecular weight excluding hydrogens is 407 g/mol. The van der Waals surface area contributed by atoms with Gasteiger partial charge >= 0.3 is 13.6 Å². The van der Waals surface area contributed by atoms with Crippen LogP contribution in [0.1, 0.15) is 98.2 Å². The molecule has 2 unspecified atom stereocenters. The second-order valence-corrected chi connectivity index (χ2v) is 10.6. The summed E-state index contributed by atoms with van der Waals surface area (Å²) in [7, 11) is -3.78. The first kappa shape index (κ1) is 26.8. The van der Waals surface area contributed by atoms with E-state index in [1.807, 2.05) is 0 Å². The third-order valence-electron chi connectivity index (χ3n) is 4.46. The molecule has 1 heterocycles. The molecule has 1 aromatic heterocycles. The van der Waals surface area contributed by atoms with Crippen molar-refractivity contribution in [3.63, 3.8) is 0 Å². The van der Waals surface area contributed by atoms with Crippen LogP contribution >= 0.6 is 7.60 Å². The number of hydrogen-bond donors (Lipinski definition) is 0. The molecule has 174 valence electrons. The Morgan fingerprint density at radius 2 is 1.73 bits per heavy atom. The number of carbonyl (C=O) groups is 1. The molecule has 0 N–H and O–H groups in total. The summed E-state index contributed by atoms with van der Waals surface area (Å²) in [5.41, 5.74) is -1.92. The molecule has 0 amide bonds. The van der Waals surface area contributed by atoms with Gasteiger partial charge in [0.15, 0.2) is 11.5 Å². The Hall–Kier alpha value is -1.24. The van der Waals surface area contributed by atoms with Crippen molar-refractivity contribution in [1.82, 2.24) is 10.1 Å². The number of carbonyl (C=O) groups excluding carboxylic acids is 1. The molecule has 8 nitrogen and oxygen atoms in total. The second kappa shape index (κ2) is 12.6. The van der Waals surface area contributed by atoms with E-state index in [0.717, 1.165) is 12.8 Å². The third kappa shape index (κ3) is 8.86. The zero-order chi connectivity index (χ0) is 22.8. The van der Waals surface area contributed by atoms with Crippen molar-refractivity contribution in [2.24, 2.45) is 0 Å². The molecule has 2 atom stereocenters. The molecule has 9 heteroatoms. The minimum atomic E-state index is -3.78. The fraction of sp³-hybridized carbons (Fsp3) is 0.857. The van der Waals surface area contributed by atoms with Crippen molar-refractivity contribution in [2.75, 3.05) is 13.2 Å². The molecule has 0 aliphatic carbocycles. The summed E-state index contributed by atoms with van der Waals surface area (Å²) in [6.07, 6.45) is 5.58. The van der Waals surface area contributed by atoms with E-state index in [0.29, 0.717) is 5.82 Å². The van der Waals surface area contributed by atoms with Crippen molar-refractivity contribution < 1.29 is 27.7 Å². The maximum Gasteiger partial charge on any atom is 0.345 e. The van der Waals surface area contributed by atoms with E-state index in [4.69, 9.17) is 18.3 Å². The van der Waals surface area contributed by atoms with E-state index < -0.39 is 24.8 Å². The van der Waals surface area contributed by atoms with Gasteiger partial charge in [-0.2, -0.15) is 4.98 Å². The zero-order valence-electron chi connectivity index (χ0n) is 19.6. The molecule has 0 aliphatic heterocycles. The SMILES string of the molecule is CCCCCCC(C)c1noc(CC(C(=O)OC(C)(C)C)P(=O)(OCC)OCC)n1. The Morgan fingerprint density at radius 3 is 2.27 bits per heavy atom. The van der Waals surface area contributed by atoms with Crippen LogP contribution in [0, 0.1) is 0 Å². The fourth-order valence-electron chi connectivity index (χ4n) is 2.99. The molecular formula is C21H39N2O6P. The standard InChI is InChI=1S/C21H39N2O6P/c1-8-11-12-13-14-16(4)19-22-18(29-23-19)15-17(20(24)28-21(5,6)7)30(25,26-9-2)27-10-3/h16-17H,8-15H2,1-7H3. The van der Waals surface area contributed by atoms with E-state index in [2.05, 4.69) is 24.0 Å². The Labute approximate surface area is 181 Å². The molecule has 1 rings (SSSR count). The summed E-state index contributed by atoms with van der Waals surface area (Å²) in [5, 5.41) is 4.07. The highest BCUT2D eigenvalue weighted by molar-refractivity contribution is 7.55. The highest BCUT2D eigenvalue weighted by Gasteiger charge is 2.44. The maximum atomic E-state index is 13.4. The minimum absolute atomic E-state index is 0.0677. The van der Waals surface area contributed by atoms with E-state index in [9.17, 15) is 9.36 Å². The maximum absolute atomic E-state index is 13.4. The van der Waals surface area contributed by atoms with Gasteiger partial charge in [0.05, 0.1) is 19.6 Å². The lowest BCUT2D eigenvalue weighted by molar-refractivity contribution is -0.154. The van der Waals surface area contributed by atoms with Crippen molar-refractivity contribution in [3.8, 4) is 0 Å². The average Bonchev–Trinajstić information content (AvgIpc) is 3.11. The predicted molar refractivity (Wildman–Crippen MR) is 116 cm³/mol. The average molecular weight is 447 g/mol. The molecule has 0 bridgehead atoms. The van der Waals surface area contributed by atoms with Crippen LogP contribution in [0.5, 0.6) is 0 Å². The number of ether oxygens (including phenoxy) is 1. The largest absolute Gasteiger partial charge is 0.459 e. The molecule has 30 heavy (non-hydrogen) atoms. The van der Waals surface area contributed by atoms with Gasteiger partial charge in [-0.15, -0.1) is 0 Å². The van der Waals surface area contributed by atoms with Crippen molar-refractivity contribution in [1.29, 1.82) is 0 Å². The third-order valence-corrected chi connectivity index (χ3v) is 6.85.